The third kappa shape index (κ3) is 8.46. The number of guanidine groups is 1. The summed E-state index contributed by atoms with van der Waals surface area (Å²) in [6.07, 6.45) is 2.05. The van der Waals surface area contributed by atoms with Crippen LogP contribution in [-0.4, -0.2) is 56.8 Å². The Balaban J connectivity index is 0.00000363. The van der Waals surface area contributed by atoms with Crippen molar-refractivity contribution in [3.8, 4) is 11.5 Å². The number of hydrogen-bond donors (Lipinski definition) is 2. The van der Waals surface area contributed by atoms with Gasteiger partial charge in [0.1, 0.15) is 23.4 Å². The Morgan fingerprint density at radius 2 is 1.84 bits per heavy atom. The first kappa shape index (κ1) is 26.2. The predicted octanol–water partition coefficient (Wildman–Crippen LogP) is 4.05. The largest absolute Gasteiger partial charge is 0.497 e. The smallest absolute Gasteiger partial charge is 0.191 e. The van der Waals surface area contributed by atoms with Gasteiger partial charge in [-0.3, -0.25) is 9.89 Å². The number of rotatable bonds is 8. The molecular weight excluding hydrogens is 522 g/mol. The highest BCUT2D eigenvalue weighted by Crippen LogP contribution is 2.20. The van der Waals surface area contributed by atoms with Gasteiger partial charge >= 0.3 is 0 Å². The summed E-state index contributed by atoms with van der Waals surface area (Å²) in [4.78, 5) is 6.76. The van der Waals surface area contributed by atoms with E-state index in [1.54, 1.807) is 14.2 Å². The fourth-order valence-electron chi connectivity index (χ4n) is 3.66. The number of likely N-dealkylation sites (tertiary alicyclic amines) is 1. The van der Waals surface area contributed by atoms with Gasteiger partial charge in [0.25, 0.3) is 0 Å². The van der Waals surface area contributed by atoms with Crippen LogP contribution in [0.3, 0.4) is 0 Å². The second kappa shape index (κ2) is 13.5. The Morgan fingerprint density at radius 1 is 1.16 bits per heavy atom. The van der Waals surface area contributed by atoms with E-state index < -0.39 is 0 Å². The summed E-state index contributed by atoms with van der Waals surface area (Å²) < 4.78 is 24.3. The molecule has 0 amide bonds. The van der Waals surface area contributed by atoms with Crippen LogP contribution in [0, 0.1) is 5.82 Å². The highest BCUT2D eigenvalue weighted by atomic mass is 127. The topological polar surface area (TPSA) is 58.1 Å². The van der Waals surface area contributed by atoms with Crippen molar-refractivity contribution in [1.82, 2.24) is 15.5 Å². The standard InChI is InChI=1S/C24H33FN4O2.HI/c1-18(31-23-6-4-5-22(15-23)30-3)16-27-24(26-2)28-21-11-13-29(14-12-21)17-19-7-9-20(25)10-8-19;/h4-10,15,18,21H,11-14,16-17H2,1-3H3,(H2,26,27,28);1H. The molecule has 1 unspecified atom stereocenters. The molecule has 32 heavy (non-hydrogen) atoms. The minimum absolute atomic E-state index is 0. The van der Waals surface area contributed by atoms with E-state index in [2.05, 4.69) is 20.5 Å². The van der Waals surface area contributed by atoms with E-state index in [4.69, 9.17) is 9.47 Å². The molecule has 0 radical (unpaired) electrons. The van der Waals surface area contributed by atoms with Crippen molar-refractivity contribution in [2.75, 3.05) is 33.8 Å². The molecule has 1 aliphatic rings. The first-order valence-corrected chi connectivity index (χ1v) is 10.8. The second-order valence-electron chi connectivity index (χ2n) is 7.88. The van der Waals surface area contributed by atoms with Crippen LogP contribution in [0.5, 0.6) is 11.5 Å². The zero-order chi connectivity index (χ0) is 22.1. The summed E-state index contributed by atoms with van der Waals surface area (Å²) in [7, 11) is 3.43. The van der Waals surface area contributed by atoms with E-state index in [9.17, 15) is 4.39 Å². The van der Waals surface area contributed by atoms with Gasteiger partial charge in [-0.15, -0.1) is 24.0 Å². The summed E-state index contributed by atoms with van der Waals surface area (Å²) >= 11 is 0. The van der Waals surface area contributed by atoms with Crippen molar-refractivity contribution in [2.24, 2.45) is 4.99 Å². The minimum atomic E-state index is -0.186. The van der Waals surface area contributed by atoms with Crippen molar-refractivity contribution in [3.63, 3.8) is 0 Å². The molecule has 0 bridgehead atoms. The third-order valence-corrected chi connectivity index (χ3v) is 5.41. The number of ether oxygens (including phenoxy) is 2. The lowest BCUT2D eigenvalue weighted by Crippen LogP contribution is -2.49. The van der Waals surface area contributed by atoms with Gasteiger partial charge < -0.3 is 20.1 Å². The van der Waals surface area contributed by atoms with Crippen molar-refractivity contribution >= 4 is 29.9 Å². The molecule has 176 valence electrons. The van der Waals surface area contributed by atoms with Crippen LogP contribution in [0.1, 0.15) is 25.3 Å². The van der Waals surface area contributed by atoms with Crippen LogP contribution in [0.25, 0.3) is 0 Å². The van der Waals surface area contributed by atoms with Crippen LogP contribution >= 0.6 is 24.0 Å². The van der Waals surface area contributed by atoms with Gasteiger partial charge in [-0.05, 0) is 49.6 Å². The molecule has 0 spiro atoms. The molecule has 1 fully saturated rings. The average Bonchev–Trinajstić information content (AvgIpc) is 2.79. The highest BCUT2D eigenvalue weighted by Gasteiger charge is 2.20. The highest BCUT2D eigenvalue weighted by molar-refractivity contribution is 14.0. The molecule has 2 aromatic rings. The lowest BCUT2D eigenvalue weighted by molar-refractivity contribution is 0.197. The van der Waals surface area contributed by atoms with Gasteiger partial charge in [0.05, 0.1) is 13.7 Å². The van der Waals surface area contributed by atoms with Crippen molar-refractivity contribution in [3.05, 3.63) is 59.9 Å². The number of benzene rings is 2. The molecule has 1 aliphatic heterocycles. The maximum absolute atomic E-state index is 13.1. The Labute approximate surface area is 207 Å². The third-order valence-electron chi connectivity index (χ3n) is 5.41. The van der Waals surface area contributed by atoms with Gasteiger partial charge in [-0.1, -0.05) is 18.2 Å². The van der Waals surface area contributed by atoms with Crippen molar-refractivity contribution in [2.45, 2.75) is 38.5 Å². The number of methoxy groups -OCH3 is 1. The Morgan fingerprint density at radius 3 is 2.50 bits per heavy atom. The van der Waals surface area contributed by atoms with E-state index in [0.717, 1.165) is 55.5 Å². The SMILES string of the molecule is CN=C(NCC(C)Oc1cccc(OC)c1)NC1CCN(Cc2ccc(F)cc2)CC1.I. The van der Waals surface area contributed by atoms with Crippen LogP contribution in [0.2, 0.25) is 0 Å². The monoisotopic (exact) mass is 556 g/mol. The summed E-state index contributed by atoms with van der Waals surface area (Å²) in [6, 6.07) is 14.8. The first-order chi connectivity index (χ1) is 15.1. The summed E-state index contributed by atoms with van der Waals surface area (Å²) in [6.45, 7) is 5.52. The molecule has 0 aliphatic carbocycles. The molecule has 6 nitrogen and oxygen atoms in total. The zero-order valence-corrected chi connectivity index (χ0v) is 21.3. The second-order valence-corrected chi connectivity index (χ2v) is 7.88. The van der Waals surface area contributed by atoms with Crippen LogP contribution in [0.15, 0.2) is 53.5 Å². The number of nitrogens with zero attached hydrogens (tertiary/aromatic N) is 2. The molecular formula is C24H34FIN4O2. The van der Waals surface area contributed by atoms with Crippen LogP contribution < -0.4 is 20.1 Å². The fourth-order valence-corrected chi connectivity index (χ4v) is 3.66. The first-order valence-electron chi connectivity index (χ1n) is 10.8. The van der Waals surface area contributed by atoms with Crippen LogP contribution in [0.4, 0.5) is 4.39 Å². The van der Waals surface area contributed by atoms with E-state index in [-0.39, 0.29) is 35.9 Å². The lowest BCUT2D eigenvalue weighted by atomic mass is 10.0. The molecule has 2 N–H and O–H groups in total. The number of hydrogen-bond acceptors (Lipinski definition) is 4. The van der Waals surface area contributed by atoms with Gasteiger partial charge in [-0.25, -0.2) is 4.39 Å². The lowest BCUT2D eigenvalue weighted by Gasteiger charge is -2.33. The minimum Gasteiger partial charge on any atom is -0.497 e. The maximum Gasteiger partial charge on any atom is 0.191 e. The molecule has 0 saturated carbocycles. The molecule has 1 atom stereocenters. The van der Waals surface area contributed by atoms with Gasteiger partial charge in [0.15, 0.2) is 5.96 Å². The van der Waals surface area contributed by atoms with Gasteiger partial charge in [0, 0.05) is 38.8 Å². The number of halogens is 2. The van der Waals surface area contributed by atoms with Crippen LogP contribution in [-0.2, 0) is 6.54 Å². The van der Waals surface area contributed by atoms with Gasteiger partial charge in [-0.2, -0.15) is 0 Å². The molecule has 1 saturated heterocycles. The summed E-state index contributed by atoms with van der Waals surface area (Å²) in [5.41, 5.74) is 1.15. The molecule has 2 aromatic carbocycles. The Kier molecular flexibility index (Phi) is 11.0. The number of aliphatic imine (C=N–C) groups is 1. The summed E-state index contributed by atoms with van der Waals surface area (Å²) in [5.74, 6) is 2.16. The Hall–Kier alpha value is -2.07. The van der Waals surface area contributed by atoms with E-state index >= 15 is 0 Å². The molecule has 8 heteroatoms. The van der Waals surface area contributed by atoms with Crippen molar-refractivity contribution in [1.29, 1.82) is 0 Å². The maximum atomic E-state index is 13.1. The van der Waals surface area contributed by atoms with E-state index in [0.29, 0.717) is 12.6 Å². The van der Waals surface area contributed by atoms with E-state index in [1.807, 2.05) is 43.3 Å². The normalized spacial score (nSPS) is 16.1. The molecule has 3 rings (SSSR count). The summed E-state index contributed by atoms with van der Waals surface area (Å²) in [5, 5.41) is 6.88. The van der Waals surface area contributed by atoms with Crippen molar-refractivity contribution < 1.29 is 13.9 Å². The van der Waals surface area contributed by atoms with Gasteiger partial charge in [0.2, 0.25) is 0 Å². The average molecular weight is 556 g/mol. The number of nitrogens with one attached hydrogen (secondary N) is 2. The fraction of sp³-hybridized carbons (Fsp3) is 0.458. The number of piperidine rings is 1. The quantitative estimate of drug-likeness (QED) is 0.292. The molecule has 0 aromatic heterocycles. The zero-order valence-electron chi connectivity index (χ0n) is 19.0. The Bertz CT molecular complexity index is 842. The molecule has 1 heterocycles. The predicted molar refractivity (Wildman–Crippen MR) is 138 cm³/mol. The van der Waals surface area contributed by atoms with E-state index in [1.165, 1.54) is 12.1 Å².